The molecule has 0 saturated carbocycles. The van der Waals surface area contributed by atoms with Gasteiger partial charge in [0.15, 0.2) is 6.79 Å². The quantitative estimate of drug-likeness (QED) is 0.408. The van der Waals surface area contributed by atoms with E-state index in [0.29, 0.717) is 47.4 Å². The topological polar surface area (TPSA) is 95.5 Å². The van der Waals surface area contributed by atoms with Crippen molar-refractivity contribution in [1.29, 1.82) is 0 Å². The average molecular weight is 372 g/mol. The number of benzene rings is 1. The van der Waals surface area contributed by atoms with Gasteiger partial charge in [-0.3, -0.25) is 4.79 Å². The molecule has 144 valence electrons. The van der Waals surface area contributed by atoms with Crippen LogP contribution in [0.4, 0.5) is 5.95 Å². The SMILES string of the molecule is CCOCOc1cc(C=O)ccc1-c1nnc(NC[C@H]2CCCO2)nc1C. The Hall–Kier alpha value is -2.58. The zero-order valence-electron chi connectivity index (χ0n) is 15.6. The van der Waals surface area contributed by atoms with Crippen LogP contribution in [0.25, 0.3) is 11.3 Å². The first-order chi connectivity index (χ1) is 13.2. The molecule has 1 N–H and O–H groups in total. The second-order valence-corrected chi connectivity index (χ2v) is 6.21. The van der Waals surface area contributed by atoms with Crippen molar-refractivity contribution in [3.05, 3.63) is 29.5 Å². The first kappa shape index (κ1) is 19.2. The summed E-state index contributed by atoms with van der Waals surface area (Å²) in [5.74, 6) is 0.973. The summed E-state index contributed by atoms with van der Waals surface area (Å²) in [4.78, 5) is 15.6. The first-order valence-corrected chi connectivity index (χ1v) is 9.08. The lowest BCUT2D eigenvalue weighted by molar-refractivity contribution is 0.0227. The highest BCUT2D eigenvalue weighted by atomic mass is 16.7. The van der Waals surface area contributed by atoms with Gasteiger partial charge in [0.05, 0.1) is 11.8 Å². The number of hydrogen-bond donors (Lipinski definition) is 1. The third kappa shape index (κ3) is 4.99. The van der Waals surface area contributed by atoms with E-state index < -0.39 is 0 Å². The van der Waals surface area contributed by atoms with Gasteiger partial charge in [0.25, 0.3) is 0 Å². The van der Waals surface area contributed by atoms with Gasteiger partial charge in [-0.2, -0.15) is 0 Å². The number of nitrogens with zero attached hydrogens (tertiary/aromatic N) is 3. The second-order valence-electron chi connectivity index (χ2n) is 6.21. The van der Waals surface area contributed by atoms with Crippen LogP contribution in [0, 0.1) is 6.92 Å². The summed E-state index contributed by atoms with van der Waals surface area (Å²) in [6, 6.07) is 5.15. The Balaban J connectivity index is 1.78. The highest BCUT2D eigenvalue weighted by molar-refractivity contribution is 5.79. The molecule has 3 rings (SSSR count). The fraction of sp³-hybridized carbons (Fsp3) is 0.474. The predicted molar refractivity (Wildman–Crippen MR) is 100.0 cm³/mol. The molecule has 1 atom stereocenters. The summed E-state index contributed by atoms with van der Waals surface area (Å²) in [6.45, 7) is 5.85. The van der Waals surface area contributed by atoms with Crippen LogP contribution >= 0.6 is 0 Å². The molecule has 0 radical (unpaired) electrons. The summed E-state index contributed by atoms with van der Waals surface area (Å²) in [7, 11) is 0. The number of nitrogens with one attached hydrogen (secondary N) is 1. The largest absolute Gasteiger partial charge is 0.467 e. The van der Waals surface area contributed by atoms with Crippen LogP contribution < -0.4 is 10.1 Å². The lowest BCUT2D eigenvalue weighted by Gasteiger charge is -2.14. The lowest BCUT2D eigenvalue weighted by Crippen LogP contribution is -2.20. The van der Waals surface area contributed by atoms with E-state index in [2.05, 4.69) is 20.5 Å². The van der Waals surface area contributed by atoms with E-state index >= 15 is 0 Å². The molecule has 2 heterocycles. The molecular formula is C19H24N4O4. The van der Waals surface area contributed by atoms with Crippen LogP contribution in [0.2, 0.25) is 0 Å². The molecule has 1 aromatic heterocycles. The first-order valence-electron chi connectivity index (χ1n) is 9.08. The maximum Gasteiger partial charge on any atom is 0.243 e. The van der Waals surface area contributed by atoms with Crippen LogP contribution in [0.5, 0.6) is 5.75 Å². The maximum absolute atomic E-state index is 11.1. The molecule has 2 aromatic rings. The molecule has 27 heavy (non-hydrogen) atoms. The highest BCUT2D eigenvalue weighted by Gasteiger charge is 2.17. The third-order valence-electron chi connectivity index (χ3n) is 4.27. The summed E-state index contributed by atoms with van der Waals surface area (Å²) in [5, 5.41) is 11.7. The van der Waals surface area contributed by atoms with E-state index in [0.717, 1.165) is 25.7 Å². The van der Waals surface area contributed by atoms with Crippen molar-refractivity contribution in [3.8, 4) is 17.0 Å². The lowest BCUT2D eigenvalue weighted by atomic mass is 10.1. The van der Waals surface area contributed by atoms with E-state index in [1.54, 1.807) is 18.2 Å². The fourth-order valence-electron chi connectivity index (χ4n) is 2.85. The van der Waals surface area contributed by atoms with E-state index in [9.17, 15) is 4.79 Å². The van der Waals surface area contributed by atoms with Gasteiger partial charge in [-0.25, -0.2) is 4.98 Å². The van der Waals surface area contributed by atoms with Gasteiger partial charge in [0.2, 0.25) is 5.95 Å². The van der Waals surface area contributed by atoms with Crippen molar-refractivity contribution in [2.75, 3.05) is 31.9 Å². The normalized spacial score (nSPS) is 16.3. The number of anilines is 1. The number of aryl methyl sites for hydroxylation is 1. The van der Waals surface area contributed by atoms with E-state index in [1.165, 1.54) is 0 Å². The minimum absolute atomic E-state index is 0.0900. The molecule has 8 nitrogen and oxygen atoms in total. The summed E-state index contributed by atoms with van der Waals surface area (Å²) in [5.41, 5.74) is 2.53. The van der Waals surface area contributed by atoms with Gasteiger partial charge in [0, 0.05) is 30.9 Å². The van der Waals surface area contributed by atoms with Crippen molar-refractivity contribution in [2.45, 2.75) is 32.8 Å². The van der Waals surface area contributed by atoms with Gasteiger partial charge in [-0.1, -0.05) is 6.07 Å². The van der Waals surface area contributed by atoms with Crippen LogP contribution in [0.15, 0.2) is 18.2 Å². The van der Waals surface area contributed by atoms with E-state index in [-0.39, 0.29) is 12.9 Å². The fourth-order valence-corrected chi connectivity index (χ4v) is 2.85. The van der Waals surface area contributed by atoms with Gasteiger partial charge in [0.1, 0.15) is 17.7 Å². The van der Waals surface area contributed by atoms with Gasteiger partial charge in [-0.05, 0) is 38.8 Å². The summed E-state index contributed by atoms with van der Waals surface area (Å²) >= 11 is 0. The molecule has 1 fully saturated rings. The minimum atomic E-state index is 0.0900. The minimum Gasteiger partial charge on any atom is -0.467 e. The summed E-state index contributed by atoms with van der Waals surface area (Å²) in [6.07, 6.45) is 3.10. The average Bonchev–Trinajstić information content (AvgIpc) is 3.20. The Bertz CT molecular complexity index is 778. The zero-order valence-corrected chi connectivity index (χ0v) is 15.6. The molecule has 0 aliphatic carbocycles. The second kappa shape index (κ2) is 9.38. The van der Waals surface area contributed by atoms with Gasteiger partial charge >= 0.3 is 0 Å². The smallest absolute Gasteiger partial charge is 0.243 e. The number of hydrogen-bond acceptors (Lipinski definition) is 8. The molecule has 1 aliphatic heterocycles. The number of aromatic nitrogens is 3. The van der Waals surface area contributed by atoms with Gasteiger partial charge < -0.3 is 19.5 Å². The molecule has 8 heteroatoms. The van der Waals surface area contributed by atoms with Crippen LogP contribution in [0.1, 0.15) is 35.8 Å². The Morgan fingerprint density at radius 2 is 2.26 bits per heavy atom. The van der Waals surface area contributed by atoms with Crippen molar-refractivity contribution < 1.29 is 19.0 Å². The maximum atomic E-state index is 11.1. The molecule has 0 amide bonds. The van der Waals surface area contributed by atoms with Gasteiger partial charge in [-0.15, -0.1) is 10.2 Å². The Labute approximate surface area is 158 Å². The van der Waals surface area contributed by atoms with Crippen molar-refractivity contribution >= 4 is 12.2 Å². The summed E-state index contributed by atoms with van der Waals surface area (Å²) < 4.78 is 16.5. The standard InChI is InChI=1S/C19H24N4O4/c1-3-25-12-27-17-9-14(11-24)6-7-16(17)18-13(2)21-19(23-22-18)20-10-15-5-4-8-26-15/h6-7,9,11,15H,3-5,8,10,12H2,1-2H3,(H,20,21,23)/t15-/m1/s1. The van der Waals surface area contributed by atoms with Crippen LogP contribution in [0.3, 0.4) is 0 Å². The monoisotopic (exact) mass is 372 g/mol. The number of aldehydes is 1. The zero-order chi connectivity index (χ0) is 19.1. The predicted octanol–water partition coefficient (Wildman–Crippen LogP) is 2.62. The molecule has 0 spiro atoms. The van der Waals surface area contributed by atoms with Crippen LogP contribution in [-0.4, -0.2) is 54.1 Å². The van der Waals surface area contributed by atoms with Crippen LogP contribution in [-0.2, 0) is 9.47 Å². The molecule has 1 aromatic carbocycles. The molecule has 0 bridgehead atoms. The Morgan fingerprint density at radius 3 is 2.96 bits per heavy atom. The van der Waals surface area contributed by atoms with E-state index in [1.807, 2.05) is 13.8 Å². The molecular weight excluding hydrogens is 348 g/mol. The van der Waals surface area contributed by atoms with Crippen molar-refractivity contribution in [1.82, 2.24) is 15.2 Å². The Morgan fingerprint density at radius 1 is 1.37 bits per heavy atom. The van der Waals surface area contributed by atoms with Crippen molar-refractivity contribution in [3.63, 3.8) is 0 Å². The number of carbonyl (C=O) groups excluding carboxylic acids is 1. The molecule has 1 aliphatic rings. The van der Waals surface area contributed by atoms with E-state index in [4.69, 9.17) is 14.2 Å². The third-order valence-corrected chi connectivity index (χ3v) is 4.27. The molecule has 0 unspecified atom stereocenters. The van der Waals surface area contributed by atoms with Crippen molar-refractivity contribution in [2.24, 2.45) is 0 Å². The highest BCUT2D eigenvalue weighted by Crippen LogP contribution is 2.31. The molecule has 1 saturated heterocycles. The number of ether oxygens (including phenoxy) is 3. The number of rotatable bonds is 9. The number of carbonyl (C=O) groups is 1. The Kier molecular flexibility index (Phi) is 6.67.